The van der Waals surface area contributed by atoms with E-state index in [0.29, 0.717) is 5.95 Å². The number of hydrogen-bond acceptors (Lipinski definition) is 5. The number of carbonyl (C=O) groups excluding carboxylic acids is 1. The molecule has 3 aromatic rings. The summed E-state index contributed by atoms with van der Waals surface area (Å²) >= 11 is 0. The minimum atomic E-state index is -0.335. The van der Waals surface area contributed by atoms with Gasteiger partial charge in [-0.15, -0.1) is 0 Å². The van der Waals surface area contributed by atoms with Crippen molar-refractivity contribution in [2.45, 2.75) is 47.0 Å². The molecule has 0 fully saturated rings. The number of ketones is 1. The van der Waals surface area contributed by atoms with E-state index in [1.807, 2.05) is 43.3 Å². The summed E-state index contributed by atoms with van der Waals surface area (Å²) in [4.78, 5) is 26.3. The molecule has 0 saturated carbocycles. The van der Waals surface area contributed by atoms with Gasteiger partial charge in [-0.2, -0.15) is 0 Å². The molecule has 2 aromatic heterocycles. The maximum absolute atomic E-state index is 13.2. The molecule has 1 N–H and O–H groups in total. The van der Waals surface area contributed by atoms with Crippen molar-refractivity contribution >= 4 is 17.4 Å². The smallest absolute Gasteiger partial charge is 0.227 e. The summed E-state index contributed by atoms with van der Waals surface area (Å²) in [5, 5.41) is 3.28. The molecule has 5 heteroatoms. The van der Waals surface area contributed by atoms with Crippen molar-refractivity contribution in [3.8, 4) is 11.3 Å². The Labute approximate surface area is 172 Å². The third-order valence-electron chi connectivity index (χ3n) is 5.49. The van der Waals surface area contributed by atoms with Gasteiger partial charge in [-0.25, -0.2) is 9.97 Å². The number of nitrogens with zero attached hydrogens (tertiary/aromatic N) is 3. The number of anilines is 2. The Balaban J connectivity index is 1.89. The van der Waals surface area contributed by atoms with Crippen LogP contribution in [0.2, 0.25) is 0 Å². The predicted octanol–water partition coefficient (Wildman–Crippen LogP) is 5.99. The normalized spacial score (nSPS) is 13.0. The van der Waals surface area contributed by atoms with Gasteiger partial charge in [0.2, 0.25) is 5.95 Å². The summed E-state index contributed by atoms with van der Waals surface area (Å²) in [6, 6.07) is 11.5. The lowest BCUT2D eigenvalue weighted by atomic mass is 9.76. The van der Waals surface area contributed by atoms with Gasteiger partial charge in [0.1, 0.15) is 0 Å². The van der Waals surface area contributed by atoms with Crippen LogP contribution < -0.4 is 5.32 Å². The van der Waals surface area contributed by atoms with E-state index < -0.39 is 0 Å². The molecule has 5 nitrogen and oxygen atoms in total. The van der Waals surface area contributed by atoms with Crippen molar-refractivity contribution in [1.82, 2.24) is 15.0 Å². The molecule has 150 valence electrons. The Kier molecular flexibility index (Phi) is 6.37. The van der Waals surface area contributed by atoms with E-state index in [9.17, 15) is 4.79 Å². The zero-order valence-corrected chi connectivity index (χ0v) is 17.6. The molecule has 0 aliphatic rings. The van der Waals surface area contributed by atoms with Crippen LogP contribution in [0.25, 0.3) is 11.3 Å². The van der Waals surface area contributed by atoms with Crippen molar-refractivity contribution in [2.75, 3.05) is 5.32 Å². The molecule has 0 unspecified atom stereocenters. The standard InChI is InChI=1S/C24H28N4O/c1-5-12-24(4,6-2)22(29)18-10-9-17(3)21(15-18)28-23-26-14-11-20(27-23)19-8-7-13-25-16-19/h7-11,13-16H,5-6,12H2,1-4H3,(H,26,27,28)/t24-/m0/s1. The van der Waals surface area contributed by atoms with Gasteiger partial charge in [-0.3, -0.25) is 9.78 Å². The highest BCUT2D eigenvalue weighted by Gasteiger charge is 2.31. The number of rotatable bonds is 8. The number of carbonyl (C=O) groups is 1. The average Bonchev–Trinajstić information content (AvgIpc) is 2.75. The Morgan fingerprint density at radius 1 is 1.14 bits per heavy atom. The van der Waals surface area contributed by atoms with Gasteiger partial charge in [0.05, 0.1) is 5.69 Å². The van der Waals surface area contributed by atoms with E-state index in [4.69, 9.17) is 0 Å². The molecule has 0 radical (unpaired) electrons. The molecule has 2 heterocycles. The first-order valence-electron chi connectivity index (χ1n) is 10.1. The lowest BCUT2D eigenvalue weighted by molar-refractivity contribution is 0.0794. The van der Waals surface area contributed by atoms with Crippen molar-refractivity contribution < 1.29 is 4.79 Å². The highest BCUT2D eigenvalue weighted by atomic mass is 16.1. The first-order valence-corrected chi connectivity index (χ1v) is 10.1. The number of benzene rings is 1. The molecular weight excluding hydrogens is 360 g/mol. The minimum absolute atomic E-state index is 0.190. The van der Waals surface area contributed by atoms with Crippen LogP contribution in [0.15, 0.2) is 55.0 Å². The second kappa shape index (κ2) is 8.95. The molecule has 0 saturated heterocycles. The van der Waals surface area contributed by atoms with Crippen LogP contribution in [0.3, 0.4) is 0 Å². The van der Waals surface area contributed by atoms with Crippen LogP contribution in [0.1, 0.15) is 56.0 Å². The van der Waals surface area contributed by atoms with E-state index in [1.165, 1.54) is 0 Å². The lowest BCUT2D eigenvalue weighted by Gasteiger charge is -2.26. The lowest BCUT2D eigenvalue weighted by Crippen LogP contribution is -2.27. The topological polar surface area (TPSA) is 67.8 Å². The molecule has 1 atom stereocenters. The number of aryl methyl sites for hydroxylation is 1. The van der Waals surface area contributed by atoms with Crippen molar-refractivity contribution in [3.63, 3.8) is 0 Å². The summed E-state index contributed by atoms with van der Waals surface area (Å²) in [6.45, 7) is 8.27. The van der Waals surface area contributed by atoms with Gasteiger partial charge in [0.15, 0.2) is 5.78 Å². The van der Waals surface area contributed by atoms with Crippen molar-refractivity contribution in [2.24, 2.45) is 5.41 Å². The van der Waals surface area contributed by atoms with Crippen molar-refractivity contribution in [3.05, 3.63) is 66.1 Å². The number of pyridine rings is 1. The van der Waals surface area contributed by atoms with Crippen LogP contribution in [0.4, 0.5) is 11.6 Å². The quantitative estimate of drug-likeness (QED) is 0.480. The molecule has 0 amide bonds. The van der Waals surface area contributed by atoms with E-state index in [-0.39, 0.29) is 11.2 Å². The summed E-state index contributed by atoms with van der Waals surface area (Å²) < 4.78 is 0. The summed E-state index contributed by atoms with van der Waals surface area (Å²) in [6.07, 6.45) is 7.93. The Morgan fingerprint density at radius 3 is 2.66 bits per heavy atom. The third-order valence-corrected chi connectivity index (χ3v) is 5.49. The minimum Gasteiger partial charge on any atom is -0.324 e. The van der Waals surface area contributed by atoms with Gasteiger partial charge in [0, 0.05) is 40.8 Å². The van der Waals surface area contributed by atoms with Gasteiger partial charge in [0.25, 0.3) is 0 Å². The SMILES string of the molecule is CCC[C@](C)(CC)C(=O)c1ccc(C)c(Nc2nccc(-c3cccnc3)n2)c1. The van der Waals surface area contributed by atoms with E-state index in [2.05, 4.69) is 41.0 Å². The molecule has 0 spiro atoms. The zero-order valence-electron chi connectivity index (χ0n) is 17.6. The van der Waals surface area contributed by atoms with E-state index >= 15 is 0 Å². The Morgan fingerprint density at radius 2 is 1.97 bits per heavy atom. The van der Waals surface area contributed by atoms with Gasteiger partial charge >= 0.3 is 0 Å². The monoisotopic (exact) mass is 388 g/mol. The molecule has 29 heavy (non-hydrogen) atoms. The first-order chi connectivity index (χ1) is 14.0. The molecule has 1 aromatic carbocycles. The number of hydrogen-bond donors (Lipinski definition) is 1. The van der Waals surface area contributed by atoms with E-state index in [0.717, 1.165) is 47.3 Å². The molecule has 0 aliphatic heterocycles. The van der Waals surface area contributed by atoms with Gasteiger partial charge < -0.3 is 5.32 Å². The predicted molar refractivity (Wildman–Crippen MR) is 117 cm³/mol. The zero-order chi connectivity index (χ0) is 20.9. The summed E-state index contributed by atoms with van der Waals surface area (Å²) in [5.74, 6) is 0.681. The fourth-order valence-electron chi connectivity index (χ4n) is 3.46. The largest absolute Gasteiger partial charge is 0.324 e. The number of Topliss-reactive ketones (excluding diaryl/α,β-unsaturated/α-hetero) is 1. The van der Waals surface area contributed by atoms with Gasteiger partial charge in [-0.1, -0.05) is 39.3 Å². The highest BCUT2D eigenvalue weighted by molar-refractivity contribution is 6.01. The highest BCUT2D eigenvalue weighted by Crippen LogP contribution is 2.33. The van der Waals surface area contributed by atoms with Crippen LogP contribution in [-0.2, 0) is 0 Å². The maximum Gasteiger partial charge on any atom is 0.227 e. The maximum atomic E-state index is 13.2. The Hall–Kier alpha value is -3.08. The molecule has 0 aliphatic carbocycles. The summed E-state index contributed by atoms with van der Waals surface area (Å²) in [7, 11) is 0. The van der Waals surface area contributed by atoms with E-state index in [1.54, 1.807) is 18.6 Å². The van der Waals surface area contributed by atoms with Crippen LogP contribution in [0, 0.1) is 12.3 Å². The summed E-state index contributed by atoms with van der Waals surface area (Å²) in [5.41, 5.74) is 3.98. The molecule has 3 rings (SSSR count). The van der Waals surface area contributed by atoms with Crippen LogP contribution >= 0.6 is 0 Å². The van der Waals surface area contributed by atoms with Crippen LogP contribution in [-0.4, -0.2) is 20.7 Å². The molecule has 0 bridgehead atoms. The molecular formula is C24H28N4O. The van der Waals surface area contributed by atoms with Crippen molar-refractivity contribution in [1.29, 1.82) is 0 Å². The fourth-order valence-corrected chi connectivity index (χ4v) is 3.46. The number of aromatic nitrogens is 3. The second-order valence-electron chi connectivity index (χ2n) is 7.66. The second-order valence-corrected chi connectivity index (χ2v) is 7.66. The van der Waals surface area contributed by atoms with Gasteiger partial charge in [-0.05, 0) is 49.6 Å². The average molecular weight is 389 g/mol. The number of nitrogens with one attached hydrogen (secondary N) is 1. The first kappa shape index (κ1) is 20.6. The fraction of sp³-hybridized carbons (Fsp3) is 0.333. The van der Waals surface area contributed by atoms with Crippen LogP contribution in [0.5, 0.6) is 0 Å². The Bertz CT molecular complexity index is 987. The third kappa shape index (κ3) is 4.67.